The first kappa shape index (κ1) is 23.0. The van der Waals surface area contributed by atoms with Gasteiger partial charge in [0.15, 0.2) is 5.13 Å². The quantitative estimate of drug-likeness (QED) is 0.341. The van der Waals surface area contributed by atoms with Crippen molar-refractivity contribution in [2.75, 3.05) is 17.2 Å². The molecule has 1 aromatic carbocycles. The molecule has 3 rings (SSSR count). The van der Waals surface area contributed by atoms with E-state index in [0.717, 1.165) is 24.2 Å². The first-order valence-corrected chi connectivity index (χ1v) is 10.9. The van der Waals surface area contributed by atoms with Gasteiger partial charge in [-0.3, -0.25) is 14.4 Å². The molecule has 1 aliphatic heterocycles. The number of thiazole rings is 1. The first-order valence-electron chi connectivity index (χ1n) is 10.0. The Kier molecular flexibility index (Phi) is 7.98. The van der Waals surface area contributed by atoms with Gasteiger partial charge in [0, 0.05) is 17.3 Å². The topological polar surface area (TPSA) is 127 Å². The molecule has 0 spiro atoms. The number of carbonyl (C=O) groups is 4. The highest BCUT2D eigenvalue weighted by molar-refractivity contribution is 7.14. The molecule has 2 aromatic rings. The van der Waals surface area contributed by atoms with Crippen LogP contribution in [-0.2, 0) is 25.5 Å². The number of nitrogens with one attached hydrogen (secondary N) is 2. The number of aromatic nitrogens is 1. The van der Waals surface area contributed by atoms with Crippen molar-refractivity contribution in [3.05, 3.63) is 53.1 Å². The van der Waals surface area contributed by atoms with Crippen LogP contribution >= 0.6 is 11.3 Å². The zero-order valence-corrected chi connectivity index (χ0v) is 18.2. The SMILES string of the molecule is CCCCOC(=O)c1ccc(NC(=O)Cc2csc(NC(=O)C3C=CC=NC3=O)n2)cc1. The summed E-state index contributed by atoms with van der Waals surface area (Å²) in [7, 11) is 0. The predicted molar refractivity (Wildman–Crippen MR) is 121 cm³/mol. The number of benzene rings is 1. The molecule has 1 aromatic heterocycles. The summed E-state index contributed by atoms with van der Waals surface area (Å²) < 4.78 is 5.15. The summed E-state index contributed by atoms with van der Waals surface area (Å²) in [5.74, 6) is -2.75. The Morgan fingerprint density at radius 2 is 1.94 bits per heavy atom. The minimum absolute atomic E-state index is 0.000261. The molecular formula is C22H22N4O5S. The van der Waals surface area contributed by atoms with Gasteiger partial charge in [-0.1, -0.05) is 19.4 Å². The number of esters is 1. The Hall–Kier alpha value is -3.66. The summed E-state index contributed by atoms with van der Waals surface area (Å²) in [6.07, 6.45) is 6.08. The fraction of sp³-hybridized carbons (Fsp3) is 0.273. The van der Waals surface area contributed by atoms with Crippen LogP contribution in [0.25, 0.3) is 0 Å². The number of aliphatic imine (C=N–C) groups is 1. The third kappa shape index (κ3) is 6.42. The highest BCUT2D eigenvalue weighted by atomic mass is 32.1. The fourth-order valence-corrected chi connectivity index (χ4v) is 3.43. The van der Waals surface area contributed by atoms with Crippen LogP contribution in [0.2, 0.25) is 0 Å². The van der Waals surface area contributed by atoms with Crippen molar-refractivity contribution in [1.29, 1.82) is 0 Å². The Morgan fingerprint density at radius 3 is 2.66 bits per heavy atom. The van der Waals surface area contributed by atoms with E-state index >= 15 is 0 Å². The van der Waals surface area contributed by atoms with Gasteiger partial charge in [-0.25, -0.2) is 14.8 Å². The van der Waals surface area contributed by atoms with E-state index in [9.17, 15) is 19.2 Å². The van der Waals surface area contributed by atoms with Crippen LogP contribution in [0.4, 0.5) is 10.8 Å². The number of dihydropyridines is 1. The van der Waals surface area contributed by atoms with Crippen LogP contribution < -0.4 is 10.6 Å². The summed E-state index contributed by atoms with van der Waals surface area (Å²) >= 11 is 1.16. The number of allylic oxidation sites excluding steroid dienone is 1. The maximum Gasteiger partial charge on any atom is 0.338 e. The van der Waals surface area contributed by atoms with E-state index in [1.165, 1.54) is 18.4 Å². The van der Waals surface area contributed by atoms with Crippen molar-refractivity contribution in [2.45, 2.75) is 26.2 Å². The molecule has 0 radical (unpaired) electrons. The molecule has 2 N–H and O–H groups in total. The zero-order valence-electron chi connectivity index (χ0n) is 17.4. The summed E-state index contributed by atoms with van der Waals surface area (Å²) in [6.45, 7) is 2.39. The number of carbonyl (C=O) groups excluding carboxylic acids is 4. The normalized spacial score (nSPS) is 14.8. The van der Waals surface area contributed by atoms with Crippen molar-refractivity contribution < 1.29 is 23.9 Å². The van der Waals surface area contributed by atoms with Crippen LogP contribution in [0, 0.1) is 5.92 Å². The molecule has 1 aliphatic rings. The van der Waals surface area contributed by atoms with E-state index in [1.807, 2.05) is 6.92 Å². The van der Waals surface area contributed by atoms with E-state index in [0.29, 0.717) is 28.7 Å². The maximum absolute atomic E-state index is 12.3. The lowest BCUT2D eigenvalue weighted by Crippen LogP contribution is -2.28. The minimum Gasteiger partial charge on any atom is -0.462 e. The van der Waals surface area contributed by atoms with E-state index < -0.39 is 23.7 Å². The van der Waals surface area contributed by atoms with Crippen molar-refractivity contribution in [3.63, 3.8) is 0 Å². The number of amides is 3. The van der Waals surface area contributed by atoms with Crippen molar-refractivity contribution in [3.8, 4) is 0 Å². The molecule has 9 nitrogen and oxygen atoms in total. The average Bonchev–Trinajstić information content (AvgIpc) is 3.21. The van der Waals surface area contributed by atoms with Crippen LogP contribution in [0.5, 0.6) is 0 Å². The van der Waals surface area contributed by atoms with Gasteiger partial charge in [0.25, 0.3) is 5.91 Å². The molecule has 0 saturated carbocycles. The van der Waals surface area contributed by atoms with Gasteiger partial charge >= 0.3 is 5.97 Å². The van der Waals surface area contributed by atoms with E-state index in [1.54, 1.807) is 29.6 Å². The lowest BCUT2D eigenvalue weighted by molar-refractivity contribution is -0.128. The second-order valence-electron chi connectivity index (χ2n) is 6.90. The van der Waals surface area contributed by atoms with Crippen LogP contribution in [-0.4, -0.2) is 41.5 Å². The van der Waals surface area contributed by atoms with Crippen molar-refractivity contribution >= 4 is 52.1 Å². The molecule has 0 aliphatic carbocycles. The third-order valence-corrected chi connectivity index (χ3v) is 5.21. The van der Waals surface area contributed by atoms with Gasteiger partial charge in [-0.15, -0.1) is 11.3 Å². The molecular weight excluding hydrogens is 432 g/mol. The number of hydrogen-bond acceptors (Lipinski definition) is 7. The maximum atomic E-state index is 12.3. The van der Waals surface area contributed by atoms with E-state index in [4.69, 9.17) is 4.74 Å². The summed E-state index contributed by atoms with van der Waals surface area (Å²) in [5, 5.41) is 7.25. The number of hydrogen-bond donors (Lipinski definition) is 2. The molecule has 1 unspecified atom stereocenters. The molecule has 10 heteroatoms. The molecule has 0 bridgehead atoms. The van der Waals surface area contributed by atoms with Crippen LogP contribution in [0.15, 0.2) is 46.8 Å². The lowest BCUT2D eigenvalue weighted by Gasteiger charge is -2.09. The smallest absolute Gasteiger partial charge is 0.338 e. The molecule has 3 amide bonds. The fourth-order valence-electron chi connectivity index (χ4n) is 2.72. The molecule has 2 heterocycles. The minimum atomic E-state index is -0.984. The number of anilines is 2. The zero-order chi connectivity index (χ0) is 22.9. The molecule has 1 atom stereocenters. The van der Waals surface area contributed by atoms with Crippen molar-refractivity contribution in [2.24, 2.45) is 10.9 Å². The highest BCUT2D eigenvalue weighted by Crippen LogP contribution is 2.19. The molecule has 0 fully saturated rings. The van der Waals surface area contributed by atoms with Gasteiger partial charge < -0.3 is 15.4 Å². The number of rotatable bonds is 9. The van der Waals surface area contributed by atoms with Gasteiger partial charge in [-0.05, 0) is 36.8 Å². The highest BCUT2D eigenvalue weighted by Gasteiger charge is 2.25. The van der Waals surface area contributed by atoms with Crippen LogP contribution in [0.3, 0.4) is 0 Å². The average molecular weight is 455 g/mol. The van der Waals surface area contributed by atoms with Crippen molar-refractivity contribution in [1.82, 2.24) is 4.98 Å². The Labute approximate surface area is 188 Å². The molecule has 32 heavy (non-hydrogen) atoms. The summed E-state index contributed by atoms with van der Waals surface area (Å²) in [6, 6.07) is 6.42. The second kappa shape index (κ2) is 11.1. The van der Waals surface area contributed by atoms with Gasteiger partial charge in [0.1, 0.15) is 5.92 Å². The molecule has 0 saturated heterocycles. The Morgan fingerprint density at radius 1 is 1.16 bits per heavy atom. The Balaban J connectivity index is 1.49. The summed E-state index contributed by atoms with van der Waals surface area (Å²) in [4.78, 5) is 55.9. The Bertz CT molecular complexity index is 1060. The molecule has 166 valence electrons. The van der Waals surface area contributed by atoms with Gasteiger partial charge in [0.05, 0.1) is 24.3 Å². The second-order valence-corrected chi connectivity index (χ2v) is 7.76. The predicted octanol–water partition coefficient (Wildman–Crippen LogP) is 3.00. The number of unbranched alkanes of at least 4 members (excludes halogenated alkanes) is 1. The number of ether oxygens (including phenoxy) is 1. The van der Waals surface area contributed by atoms with Crippen LogP contribution in [0.1, 0.15) is 35.8 Å². The van der Waals surface area contributed by atoms with E-state index in [-0.39, 0.29) is 12.3 Å². The first-order chi connectivity index (χ1) is 15.5. The van der Waals surface area contributed by atoms with E-state index in [2.05, 4.69) is 20.6 Å². The summed E-state index contributed by atoms with van der Waals surface area (Å²) in [5.41, 5.74) is 1.42. The monoisotopic (exact) mass is 454 g/mol. The van der Waals surface area contributed by atoms with Gasteiger partial charge in [0.2, 0.25) is 11.8 Å². The van der Waals surface area contributed by atoms with Gasteiger partial charge in [-0.2, -0.15) is 0 Å². The largest absolute Gasteiger partial charge is 0.462 e. The lowest BCUT2D eigenvalue weighted by atomic mass is 10.1. The number of nitrogens with zero attached hydrogens (tertiary/aromatic N) is 2. The standard InChI is InChI=1S/C22H22N4O5S/c1-2-3-11-31-21(30)14-6-8-15(9-7-14)24-18(27)12-16-13-32-22(25-16)26-20(29)17-5-4-10-23-19(17)28/h4-10,13,17H,2-3,11-12H2,1H3,(H,24,27)(H,25,26,29). The third-order valence-electron chi connectivity index (χ3n) is 4.40.